The number of pyridine rings is 1. The van der Waals surface area contributed by atoms with Gasteiger partial charge in [0.15, 0.2) is 5.82 Å². The van der Waals surface area contributed by atoms with Gasteiger partial charge >= 0.3 is 0 Å². The second-order valence-electron chi connectivity index (χ2n) is 8.06. The van der Waals surface area contributed by atoms with Gasteiger partial charge in [0.05, 0.1) is 0 Å². The Morgan fingerprint density at radius 1 is 0.964 bits per heavy atom. The molecule has 0 radical (unpaired) electrons. The number of carbonyl (C=O) groups excluding carboxylic acids is 1. The van der Waals surface area contributed by atoms with Crippen LogP contribution in [0.2, 0.25) is 0 Å². The molecule has 0 aliphatic heterocycles. The van der Waals surface area contributed by atoms with Crippen LogP contribution in [0.5, 0.6) is 0 Å². The predicted molar refractivity (Wildman–Crippen MR) is 112 cm³/mol. The standard InChI is InChI=1S/C23H28N4O/c1-23(2,3)20-7-4-18(5-8-20)6-9-22(28)25-21-13-17-27(26-21)16-12-19-10-14-24-15-11-19/h4-5,7-8,10-11,13-15,17H,6,9,12,16H2,1-3H3,(H,25,26,28). The van der Waals surface area contributed by atoms with E-state index in [1.54, 1.807) is 12.4 Å². The highest BCUT2D eigenvalue weighted by Gasteiger charge is 2.13. The Morgan fingerprint density at radius 2 is 1.64 bits per heavy atom. The van der Waals surface area contributed by atoms with Crippen LogP contribution in [-0.4, -0.2) is 20.7 Å². The van der Waals surface area contributed by atoms with E-state index in [9.17, 15) is 4.79 Å². The molecule has 1 aromatic carbocycles. The third kappa shape index (κ3) is 5.78. The van der Waals surface area contributed by atoms with Crippen molar-refractivity contribution in [2.45, 2.75) is 52.0 Å². The van der Waals surface area contributed by atoms with E-state index < -0.39 is 0 Å². The summed E-state index contributed by atoms with van der Waals surface area (Å²) in [6, 6.07) is 14.4. The van der Waals surface area contributed by atoms with Gasteiger partial charge in [0.25, 0.3) is 0 Å². The van der Waals surface area contributed by atoms with Crippen molar-refractivity contribution in [1.29, 1.82) is 0 Å². The van der Waals surface area contributed by atoms with E-state index in [1.165, 1.54) is 16.7 Å². The first-order chi connectivity index (χ1) is 13.4. The molecular formula is C23H28N4O. The highest BCUT2D eigenvalue weighted by atomic mass is 16.1. The topological polar surface area (TPSA) is 59.8 Å². The Kier molecular flexibility index (Phi) is 6.24. The maximum atomic E-state index is 12.2. The number of anilines is 1. The van der Waals surface area contributed by atoms with Crippen LogP contribution >= 0.6 is 0 Å². The molecule has 0 aliphatic rings. The molecule has 28 heavy (non-hydrogen) atoms. The summed E-state index contributed by atoms with van der Waals surface area (Å²) in [5, 5.41) is 7.31. The SMILES string of the molecule is CC(C)(C)c1ccc(CCC(=O)Nc2ccn(CCc3ccncc3)n2)cc1. The summed E-state index contributed by atoms with van der Waals surface area (Å²) in [5.41, 5.74) is 3.84. The third-order valence-electron chi connectivity index (χ3n) is 4.75. The van der Waals surface area contributed by atoms with Crippen LogP contribution in [0.3, 0.4) is 0 Å². The Hall–Kier alpha value is -2.95. The summed E-state index contributed by atoms with van der Waals surface area (Å²) in [6.45, 7) is 7.36. The third-order valence-corrected chi connectivity index (χ3v) is 4.75. The lowest BCUT2D eigenvalue weighted by molar-refractivity contribution is -0.116. The largest absolute Gasteiger partial charge is 0.309 e. The number of amides is 1. The van der Waals surface area contributed by atoms with Crippen molar-refractivity contribution in [2.24, 2.45) is 0 Å². The van der Waals surface area contributed by atoms with Gasteiger partial charge in [-0.3, -0.25) is 14.5 Å². The smallest absolute Gasteiger partial charge is 0.225 e. The van der Waals surface area contributed by atoms with E-state index in [4.69, 9.17) is 0 Å². The monoisotopic (exact) mass is 376 g/mol. The van der Waals surface area contributed by atoms with Crippen LogP contribution in [-0.2, 0) is 29.6 Å². The molecule has 0 saturated carbocycles. The molecule has 5 heteroatoms. The molecular weight excluding hydrogens is 348 g/mol. The predicted octanol–water partition coefficient (Wildman–Crippen LogP) is 4.39. The summed E-state index contributed by atoms with van der Waals surface area (Å²) < 4.78 is 1.85. The van der Waals surface area contributed by atoms with Crippen LogP contribution in [0.25, 0.3) is 0 Å². The second kappa shape index (κ2) is 8.83. The highest BCUT2D eigenvalue weighted by molar-refractivity contribution is 5.89. The molecule has 1 N–H and O–H groups in total. The van der Waals surface area contributed by atoms with E-state index in [0.29, 0.717) is 12.2 Å². The van der Waals surface area contributed by atoms with Gasteiger partial charge in [-0.1, -0.05) is 45.0 Å². The highest BCUT2D eigenvalue weighted by Crippen LogP contribution is 2.22. The van der Waals surface area contributed by atoms with Gasteiger partial charge in [-0.05, 0) is 47.1 Å². The average Bonchev–Trinajstić information content (AvgIpc) is 3.12. The van der Waals surface area contributed by atoms with Crippen molar-refractivity contribution in [3.63, 3.8) is 0 Å². The molecule has 0 unspecified atom stereocenters. The van der Waals surface area contributed by atoms with Crippen molar-refractivity contribution < 1.29 is 4.79 Å². The Bertz CT molecular complexity index is 892. The second-order valence-corrected chi connectivity index (χ2v) is 8.06. The lowest BCUT2D eigenvalue weighted by atomic mass is 9.86. The van der Waals surface area contributed by atoms with Crippen molar-refractivity contribution in [3.8, 4) is 0 Å². The Balaban J connectivity index is 1.45. The minimum atomic E-state index is -0.0146. The maximum absolute atomic E-state index is 12.2. The van der Waals surface area contributed by atoms with E-state index in [-0.39, 0.29) is 11.3 Å². The quantitative estimate of drug-likeness (QED) is 0.665. The van der Waals surface area contributed by atoms with E-state index in [1.807, 2.05) is 29.1 Å². The van der Waals surface area contributed by atoms with Crippen LogP contribution in [0.1, 0.15) is 43.9 Å². The molecule has 3 aromatic rings. The molecule has 0 aliphatic carbocycles. The first kappa shape index (κ1) is 19.8. The van der Waals surface area contributed by atoms with Crippen molar-refractivity contribution in [1.82, 2.24) is 14.8 Å². The maximum Gasteiger partial charge on any atom is 0.225 e. The molecule has 0 bridgehead atoms. The number of aryl methyl sites for hydroxylation is 3. The van der Waals surface area contributed by atoms with Gasteiger partial charge < -0.3 is 5.32 Å². The van der Waals surface area contributed by atoms with Crippen LogP contribution in [0.4, 0.5) is 5.82 Å². The summed E-state index contributed by atoms with van der Waals surface area (Å²) in [5.74, 6) is 0.585. The van der Waals surface area contributed by atoms with Gasteiger partial charge in [0.2, 0.25) is 5.91 Å². The fraction of sp³-hybridized carbons (Fsp3) is 0.348. The fourth-order valence-electron chi connectivity index (χ4n) is 2.98. The average molecular weight is 377 g/mol. The summed E-state index contributed by atoms with van der Waals surface area (Å²) in [4.78, 5) is 16.3. The lowest BCUT2D eigenvalue weighted by Gasteiger charge is -2.19. The number of carbonyl (C=O) groups is 1. The molecule has 0 fully saturated rings. The zero-order valence-corrected chi connectivity index (χ0v) is 16.9. The molecule has 146 valence electrons. The molecule has 0 spiro atoms. The summed E-state index contributed by atoms with van der Waals surface area (Å²) in [7, 11) is 0. The van der Waals surface area contributed by atoms with Crippen LogP contribution in [0, 0.1) is 0 Å². The number of aromatic nitrogens is 3. The van der Waals surface area contributed by atoms with Gasteiger partial charge in [-0.2, -0.15) is 5.10 Å². The van der Waals surface area contributed by atoms with Gasteiger partial charge in [-0.15, -0.1) is 0 Å². The molecule has 2 aromatic heterocycles. The minimum Gasteiger partial charge on any atom is -0.309 e. The molecule has 5 nitrogen and oxygen atoms in total. The van der Waals surface area contributed by atoms with Crippen molar-refractivity contribution in [2.75, 3.05) is 5.32 Å². The van der Waals surface area contributed by atoms with Gasteiger partial charge in [0, 0.05) is 37.6 Å². The number of hydrogen-bond acceptors (Lipinski definition) is 3. The summed E-state index contributed by atoms with van der Waals surface area (Å²) >= 11 is 0. The molecule has 1 amide bonds. The lowest BCUT2D eigenvalue weighted by Crippen LogP contribution is -2.14. The Morgan fingerprint density at radius 3 is 2.32 bits per heavy atom. The number of rotatable bonds is 7. The molecule has 2 heterocycles. The number of nitrogens with one attached hydrogen (secondary N) is 1. The van der Waals surface area contributed by atoms with Gasteiger partial charge in [0.1, 0.15) is 0 Å². The van der Waals surface area contributed by atoms with Crippen LogP contribution < -0.4 is 5.32 Å². The molecule has 3 rings (SSSR count). The van der Waals surface area contributed by atoms with E-state index in [0.717, 1.165) is 19.4 Å². The van der Waals surface area contributed by atoms with E-state index >= 15 is 0 Å². The first-order valence-electron chi connectivity index (χ1n) is 9.72. The zero-order valence-electron chi connectivity index (χ0n) is 16.9. The normalized spacial score (nSPS) is 11.4. The number of benzene rings is 1. The molecule has 0 atom stereocenters. The van der Waals surface area contributed by atoms with Crippen molar-refractivity contribution >= 4 is 11.7 Å². The zero-order chi connectivity index (χ0) is 20.0. The number of hydrogen-bond donors (Lipinski definition) is 1. The minimum absolute atomic E-state index is 0.0146. The first-order valence-corrected chi connectivity index (χ1v) is 9.72. The van der Waals surface area contributed by atoms with Gasteiger partial charge in [-0.25, -0.2) is 0 Å². The van der Waals surface area contributed by atoms with Crippen LogP contribution in [0.15, 0.2) is 61.1 Å². The molecule has 0 saturated heterocycles. The number of nitrogens with zero attached hydrogens (tertiary/aromatic N) is 3. The Labute approximate surface area is 166 Å². The summed E-state index contributed by atoms with van der Waals surface area (Å²) in [6.07, 6.45) is 7.52. The van der Waals surface area contributed by atoms with Crippen molar-refractivity contribution in [3.05, 3.63) is 77.7 Å². The fourth-order valence-corrected chi connectivity index (χ4v) is 2.98. The van der Waals surface area contributed by atoms with E-state index in [2.05, 4.69) is 60.4 Å².